The summed E-state index contributed by atoms with van der Waals surface area (Å²) in [6.07, 6.45) is 8.27. The average Bonchev–Trinajstić information content (AvgIpc) is 2.86. The van der Waals surface area contributed by atoms with Gasteiger partial charge in [-0.25, -0.2) is 9.97 Å². The maximum absolute atomic E-state index is 13.2. The second-order valence-electron chi connectivity index (χ2n) is 9.09. The third-order valence-corrected chi connectivity index (χ3v) is 7.58. The van der Waals surface area contributed by atoms with Gasteiger partial charge >= 0.3 is 0 Å². The Balaban J connectivity index is 1.33. The van der Waals surface area contributed by atoms with Crippen LogP contribution in [0.5, 0.6) is 5.88 Å². The van der Waals surface area contributed by atoms with Crippen molar-refractivity contribution in [1.29, 1.82) is 0 Å². The molecule has 2 fully saturated rings. The molecular weight excluding hydrogens is 475 g/mol. The average molecular weight is 507 g/mol. The van der Waals surface area contributed by atoms with Gasteiger partial charge in [-0.2, -0.15) is 0 Å². The number of hydrogen-bond acceptors (Lipinski definition) is 6. The van der Waals surface area contributed by atoms with Gasteiger partial charge in [0.1, 0.15) is 18.6 Å². The van der Waals surface area contributed by atoms with Crippen LogP contribution in [0.15, 0.2) is 24.5 Å². The molecule has 9 heteroatoms. The minimum Gasteiger partial charge on any atom is -0.473 e. The van der Waals surface area contributed by atoms with E-state index in [1.54, 1.807) is 19.2 Å². The van der Waals surface area contributed by atoms with E-state index < -0.39 is 0 Å². The number of ether oxygens (including phenoxy) is 2. The highest BCUT2D eigenvalue weighted by molar-refractivity contribution is 6.42. The number of halogens is 2. The number of amides is 1. The van der Waals surface area contributed by atoms with Crippen LogP contribution in [0, 0.1) is 6.92 Å². The number of hydrogen-bond donors (Lipinski definition) is 1. The molecule has 34 heavy (non-hydrogen) atoms. The Kier molecular flexibility index (Phi) is 8.64. The summed E-state index contributed by atoms with van der Waals surface area (Å²) in [6.45, 7) is 3.48. The third kappa shape index (κ3) is 6.00. The van der Waals surface area contributed by atoms with Crippen molar-refractivity contribution < 1.29 is 14.3 Å². The first-order valence-corrected chi connectivity index (χ1v) is 12.7. The van der Waals surface area contributed by atoms with Crippen LogP contribution in [-0.2, 0) is 11.3 Å². The second-order valence-corrected chi connectivity index (χ2v) is 9.90. The molecule has 1 aromatic carbocycles. The first-order valence-electron chi connectivity index (χ1n) is 11.9. The summed E-state index contributed by atoms with van der Waals surface area (Å²) in [4.78, 5) is 23.6. The normalized spacial score (nSPS) is 21.5. The lowest BCUT2D eigenvalue weighted by Crippen LogP contribution is -2.52. The van der Waals surface area contributed by atoms with Gasteiger partial charge in [0.2, 0.25) is 5.88 Å². The van der Waals surface area contributed by atoms with E-state index in [4.69, 9.17) is 32.7 Å². The first kappa shape index (κ1) is 25.2. The van der Waals surface area contributed by atoms with Crippen LogP contribution in [0.25, 0.3) is 0 Å². The van der Waals surface area contributed by atoms with Gasteiger partial charge in [0, 0.05) is 37.8 Å². The number of methoxy groups -OCH3 is 1. The molecule has 1 aliphatic heterocycles. The molecular formula is C25H32Cl2N4O3. The van der Waals surface area contributed by atoms with Crippen molar-refractivity contribution in [3.05, 3.63) is 51.4 Å². The van der Waals surface area contributed by atoms with Crippen LogP contribution in [0.3, 0.4) is 0 Å². The summed E-state index contributed by atoms with van der Waals surface area (Å²) in [5, 5.41) is 4.75. The molecule has 1 saturated heterocycles. The Morgan fingerprint density at radius 1 is 1.12 bits per heavy atom. The Morgan fingerprint density at radius 3 is 2.62 bits per heavy atom. The van der Waals surface area contributed by atoms with Crippen LogP contribution in [0.2, 0.25) is 10.0 Å². The maximum Gasteiger partial charge on any atom is 0.272 e. The Morgan fingerprint density at radius 2 is 1.88 bits per heavy atom. The SMILES string of the molecule is COC1CCCCC1NC1CCN(C(=O)c2ncnc(OCc3ccc(Cl)c(Cl)c3)c2C)CC1. The molecule has 0 spiro atoms. The van der Waals surface area contributed by atoms with E-state index in [9.17, 15) is 4.79 Å². The molecule has 7 nitrogen and oxygen atoms in total. The largest absolute Gasteiger partial charge is 0.473 e. The summed E-state index contributed by atoms with van der Waals surface area (Å²) in [6, 6.07) is 6.14. The molecule has 184 valence electrons. The van der Waals surface area contributed by atoms with E-state index >= 15 is 0 Å². The molecule has 2 unspecified atom stereocenters. The highest BCUT2D eigenvalue weighted by Gasteiger charge is 2.30. The Bertz CT molecular complexity index is 998. The van der Waals surface area contributed by atoms with E-state index in [2.05, 4.69) is 15.3 Å². The van der Waals surface area contributed by atoms with Gasteiger partial charge in [-0.15, -0.1) is 0 Å². The number of carbonyl (C=O) groups excluding carboxylic acids is 1. The molecule has 1 saturated carbocycles. The van der Waals surface area contributed by atoms with Crippen molar-refractivity contribution in [3.63, 3.8) is 0 Å². The molecule has 2 atom stereocenters. The number of benzene rings is 1. The zero-order valence-corrected chi connectivity index (χ0v) is 21.2. The lowest BCUT2D eigenvalue weighted by Gasteiger charge is -2.38. The van der Waals surface area contributed by atoms with Gasteiger partial charge in [0.05, 0.1) is 16.1 Å². The van der Waals surface area contributed by atoms with Gasteiger partial charge in [-0.1, -0.05) is 42.1 Å². The Hall–Kier alpha value is -1.93. The topological polar surface area (TPSA) is 76.6 Å². The van der Waals surface area contributed by atoms with Gasteiger partial charge in [0.15, 0.2) is 0 Å². The molecule has 2 aromatic rings. The highest BCUT2D eigenvalue weighted by Crippen LogP contribution is 2.26. The van der Waals surface area contributed by atoms with Gasteiger partial charge in [-0.3, -0.25) is 4.79 Å². The summed E-state index contributed by atoms with van der Waals surface area (Å²) in [5.74, 6) is 0.314. The smallest absolute Gasteiger partial charge is 0.272 e. The summed E-state index contributed by atoms with van der Waals surface area (Å²) in [5.41, 5.74) is 1.89. The van der Waals surface area contributed by atoms with Crippen molar-refractivity contribution in [2.75, 3.05) is 20.2 Å². The van der Waals surface area contributed by atoms with Crippen LogP contribution in [-0.4, -0.2) is 59.2 Å². The molecule has 1 N–H and O–H groups in total. The summed E-state index contributed by atoms with van der Waals surface area (Å²) < 4.78 is 11.6. The standard InChI is InChI=1S/C25H32Cl2N4O3/c1-16-23(28-15-29-24(16)34-14-17-7-8-19(26)20(27)13-17)25(32)31-11-9-18(10-12-31)30-21-5-3-4-6-22(21)33-2/h7-8,13,15,18,21-22,30H,3-6,9-12,14H2,1-2H3. The predicted molar refractivity (Wildman–Crippen MR) is 133 cm³/mol. The van der Waals surface area contributed by atoms with Gasteiger partial charge < -0.3 is 19.7 Å². The lowest BCUT2D eigenvalue weighted by atomic mass is 9.90. The molecule has 0 bridgehead atoms. The van der Waals surface area contributed by atoms with E-state index in [0.29, 0.717) is 58.5 Å². The van der Waals surface area contributed by atoms with Crippen molar-refractivity contribution in [2.24, 2.45) is 0 Å². The third-order valence-electron chi connectivity index (χ3n) is 6.84. The fourth-order valence-corrected chi connectivity index (χ4v) is 5.17. The Labute approximate surface area is 211 Å². The van der Waals surface area contributed by atoms with E-state index in [0.717, 1.165) is 31.2 Å². The van der Waals surface area contributed by atoms with Gasteiger partial charge in [0.25, 0.3) is 5.91 Å². The number of rotatable bonds is 7. The first-order chi connectivity index (χ1) is 16.5. The molecule has 2 aliphatic rings. The van der Waals surface area contributed by atoms with Crippen LogP contribution in [0.1, 0.15) is 60.1 Å². The molecule has 1 aliphatic carbocycles. The number of likely N-dealkylation sites (tertiary alicyclic amines) is 1. The fraction of sp³-hybridized carbons (Fsp3) is 0.560. The van der Waals surface area contributed by atoms with Crippen molar-refractivity contribution in [2.45, 2.75) is 70.2 Å². The molecule has 0 radical (unpaired) electrons. The van der Waals surface area contributed by atoms with Crippen LogP contribution in [0.4, 0.5) is 0 Å². The zero-order valence-electron chi connectivity index (χ0n) is 19.7. The number of piperidine rings is 1. The summed E-state index contributed by atoms with van der Waals surface area (Å²) >= 11 is 12.1. The monoisotopic (exact) mass is 506 g/mol. The maximum atomic E-state index is 13.2. The van der Waals surface area contributed by atoms with Crippen molar-refractivity contribution in [3.8, 4) is 5.88 Å². The number of aromatic nitrogens is 2. The lowest BCUT2D eigenvalue weighted by molar-refractivity contribution is 0.0329. The quantitative estimate of drug-likeness (QED) is 0.579. The van der Waals surface area contributed by atoms with Crippen molar-refractivity contribution >= 4 is 29.1 Å². The van der Waals surface area contributed by atoms with Crippen molar-refractivity contribution in [1.82, 2.24) is 20.2 Å². The van der Waals surface area contributed by atoms with Gasteiger partial charge in [-0.05, 0) is 50.3 Å². The van der Waals surface area contributed by atoms with E-state index in [1.165, 1.54) is 19.2 Å². The second kappa shape index (κ2) is 11.7. The van der Waals surface area contributed by atoms with E-state index in [-0.39, 0.29) is 12.5 Å². The minimum atomic E-state index is -0.0785. The predicted octanol–water partition coefficient (Wildman–Crippen LogP) is 4.82. The fourth-order valence-electron chi connectivity index (χ4n) is 4.85. The minimum absolute atomic E-state index is 0.0785. The molecule has 2 heterocycles. The molecule has 4 rings (SSSR count). The van der Waals surface area contributed by atoms with E-state index in [1.807, 2.05) is 17.9 Å². The van der Waals surface area contributed by atoms with Crippen LogP contribution >= 0.6 is 23.2 Å². The number of nitrogens with zero attached hydrogens (tertiary/aromatic N) is 3. The molecule has 1 aromatic heterocycles. The van der Waals surface area contributed by atoms with Crippen LogP contribution < -0.4 is 10.1 Å². The number of nitrogens with one attached hydrogen (secondary N) is 1. The molecule has 1 amide bonds. The highest BCUT2D eigenvalue weighted by atomic mass is 35.5. The zero-order chi connectivity index (χ0) is 24.1. The summed E-state index contributed by atoms with van der Waals surface area (Å²) in [7, 11) is 1.80. The number of carbonyl (C=O) groups is 1.